The van der Waals surface area contributed by atoms with Crippen LogP contribution in [0.2, 0.25) is 0 Å². The Morgan fingerprint density at radius 3 is 1.82 bits per heavy atom. The molecule has 4 aromatic rings. The molecule has 0 unspecified atom stereocenters. The van der Waals surface area contributed by atoms with E-state index in [9.17, 15) is 19.2 Å². The van der Waals surface area contributed by atoms with Gasteiger partial charge in [-0.25, -0.2) is 19.2 Å². The Bertz CT molecular complexity index is 1680. The molecule has 0 aliphatic carbocycles. The van der Waals surface area contributed by atoms with Crippen molar-refractivity contribution < 1.29 is 33.3 Å². The molecule has 0 amide bonds. The number of hydrogen-bond donors (Lipinski definition) is 0. The number of rotatable bonds is 11. The summed E-state index contributed by atoms with van der Waals surface area (Å²) < 4.78 is 25.2. The first-order valence-corrected chi connectivity index (χ1v) is 15.7. The van der Waals surface area contributed by atoms with Crippen LogP contribution in [0.3, 0.4) is 0 Å². The first-order chi connectivity index (χ1) is 21.9. The van der Waals surface area contributed by atoms with Crippen molar-refractivity contribution in [3.8, 4) is 0 Å². The molecule has 11 heteroatoms. The van der Waals surface area contributed by atoms with Crippen molar-refractivity contribution >= 4 is 29.7 Å². The number of hydrogen-bond acceptors (Lipinski definition) is 10. The third kappa shape index (κ3) is 7.50. The number of nitrogens with zero attached hydrogens (tertiary/aromatic N) is 2. The molecule has 1 aliphatic heterocycles. The van der Waals surface area contributed by atoms with E-state index in [-0.39, 0.29) is 17.7 Å². The minimum Gasteiger partial charge on any atom is -0.459 e. The van der Waals surface area contributed by atoms with Gasteiger partial charge in [-0.15, -0.1) is 11.8 Å². The molecule has 232 valence electrons. The molecular formula is C34H32N2O8S. The topological polar surface area (TPSA) is 123 Å². The molecule has 4 atom stereocenters. The Kier molecular flexibility index (Phi) is 10.4. The van der Waals surface area contributed by atoms with Gasteiger partial charge in [-0.3, -0.25) is 4.57 Å². The van der Waals surface area contributed by atoms with Gasteiger partial charge >= 0.3 is 23.6 Å². The standard InChI is InChI=1S/C34H32N2O8S/c1-3-13-25-20-27(45-2)35-34(40)36(25)30-29(44-33(39)24-18-11-6-12-19-24)28(43-32(38)23-16-9-5-10-17-23)26(42-30)21-41-31(37)22-14-7-4-8-15-22/h4-12,14-20,26,28-30H,3,13,21H2,1-2H3/t26-,28-,29-,30-/m1/s1. The van der Waals surface area contributed by atoms with Crippen LogP contribution in [-0.4, -0.2) is 58.6 Å². The number of carbonyl (C=O) groups is 3. The predicted molar refractivity (Wildman–Crippen MR) is 166 cm³/mol. The second-order valence-corrected chi connectivity index (χ2v) is 11.0. The van der Waals surface area contributed by atoms with Gasteiger partial charge in [0, 0.05) is 5.69 Å². The van der Waals surface area contributed by atoms with E-state index in [0.717, 1.165) is 0 Å². The number of esters is 3. The highest BCUT2D eigenvalue weighted by Gasteiger charge is 2.52. The zero-order valence-corrected chi connectivity index (χ0v) is 25.6. The van der Waals surface area contributed by atoms with E-state index in [1.165, 1.54) is 16.3 Å². The summed E-state index contributed by atoms with van der Waals surface area (Å²) in [7, 11) is 0. The van der Waals surface area contributed by atoms with Crippen LogP contribution >= 0.6 is 11.8 Å². The first kappa shape index (κ1) is 31.7. The summed E-state index contributed by atoms with van der Waals surface area (Å²) in [5.41, 5.74) is 0.799. The van der Waals surface area contributed by atoms with Gasteiger partial charge in [-0.05, 0) is 55.1 Å². The lowest BCUT2D eigenvalue weighted by Crippen LogP contribution is -2.43. The van der Waals surface area contributed by atoms with Gasteiger partial charge in [0.1, 0.15) is 17.7 Å². The Morgan fingerprint density at radius 2 is 1.31 bits per heavy atom. The monoisotopic (exact) mass is 628 g/mol. The number of aromatic nitrogens is 2. The lowest BCUT2D eigenvalue weighted by Gasteiger charge is -2.26. The van der Waals surface area contributed by atoms with Crippen LogP contribution in [0.25, 0.3) is 0 Å². The smallest absolute Gasteiger partial charge is 0.351 e. The van der Waals surface area contributed by atoms with Gasteiger partial charge < -0.3 is 18.9 Å². The number of aryl methyl sites for hydroxylation is 1. The molecule has 5 rings (SSSR count). The van der Waals surface area contributed by atoms with Gasteiger partial charge in [0.05, 0.1) is 16.7 Å². The summed E-state index contributed by atoms with van der Waals surface area (Å²) in [4.78, 5) is 57.4. The molecule has 3 aromatic carbocycles. The van der Waals surface area contributed by atoms with Crippen molar-refractivity contribution in [3.05, 3.63) is 130 Å². The largest absolute Gasteiger partial charge is 0.459 e. The summed E-state index contributed by atoms with van der Waals surface area (Å²) in [6, 6.07) is 26.8. The van der Waals surface area contributed by atoms with Crippen molar-refractivity contribution in [2.24, 2.45) is 0 Å². The van der Waals surface area contributed by atoms with E-state index in [1.54, 1.807) is 97.1 Å². The van der Waals surface area contributed by atoms with Crippen molar-refractivity contribution in [2.45, 2.75) is 49.3 Å². The van der Waals surface area contributed by atoms with E-state index >= 15 is 0 Å². The highest BCUT2D eigenvalue weighted by molar-refractivity contribution is 7.98. The number of ether oxygens (including phenoxy) is 4. The van der Waals surface area contributed by atoms with E-state index in [1.807, 2.05) is 13.2 Å². The van der Waals surface area contributed by atoms with Gasteiger partial charge in [-0.2, -0.15) is 4.98 Å². The van der Waals surface area contributed by atoms with Gasteiger partial charge in [-0.1, -0.05) is 67.9 Å². The third-order valence-corrected chi connectivity index (χ3v) is 7.79. The van der Waals surface area contributed by atoms with Crippen LogP contribution in [0.1, 0.15) is 56.3 Å². The molecule has 1 fully saturated rings. The minimum atomic E-state index is -1.30. The summed E-state index contributed by atoms with van der Waals surface area (Å²) in [6.45, 7) is 1.61. The fourth-order valence-corrected chi connectivity index (χ4v) is 5.43. The molecule has 0 spiro atoms. The maximum Gasteiger partial charge on any atom is 0.351 e. The number of carbonyl (C=O) groups excluding carboxylic acids is 3. The van der Waals surface area contributed by atoms with Crippen LogP contribution in [-0.2, 0) is 25.4 Å². The average Bonchev–Trinajstić information content (AvgIpc) is 3.40. The second-order valence-electron chi connectivity index (χ2n) is 10.2. The molecule has 45 heavy (non-hydrogen) atoms. The molecule has 0 saturated carbocycles. The van der Waals surface area contributed by atoms with Crippen molar-refractivity contribution in [2.75, 3.05) is 12.9 Å². The van der Waals surface area contributed by atoms with Gasteiger partial charge in [0.15, 0.2) is 18.4 Å². The molecule has 0 radical (unpaired) electrons. The highest BCUT2D eigenvalue weighted by atomic mass is 32.2. The number of benzene rings is 3. The van der Waals surface area contributed by atoms with Gasteiger partial charge in [0.2, 0.25) is 0 Å². The maximum atomic E-state index is 13.5. The van der Waals surface area contributed by atoms with Crippen LogP contribution in [0.5, 0.6) is 0 Å². The van der Waals surface area contributed by atoms with E-state index in [4.69, 9.17) is 18.9 Å². The summed E-state index contributed by atoms with van der Waals surface area (Å²) in [5.74, 6) is -2.04. The molecule has 10 nitrogen and oxygen atoms in total. The van der Waals surface area contributed by atoms with E-state index in [2.05, 4.69) is 4.98 Å². The first-order valence-electron chi connectivity index (χ1n) is 14.5. The van der Waals surface area contributed by atoms with E-state index in [0.29, 0.717) is 29.1 Å². The predicted octanol–water partition coefficient (Wildman–Crippen LogP) is 5.12. The minimum absolute atomic E-state index is 0.250. The fourth-order valence-electron chi connectivity index (χ4n) is 5.01. The van der Waals surface area contributed by atoms with E-state index < -0.39 is 48.1 Å². The van der Waals surface area contributed by atoms with Crippen LogP contribution < -0.4 is 5.69 Å². The van der Waals surface area contributed by atoms with Gasteiger partial charge in [0.25, 0.3) is 0 Å². The molecule has 0 bridgehead atoms. The lowest BCUT2D eigenvalue weighted by atomic mass is 10.1. The van der Waals surface area contributed by atoms with Crippen molar-refractivity contribution in [1.82, 2.24) is 9.55 Å². The highest BCUT2D eigenvalue weighted by Crippen LogP contribution is 2.36. The molecule has 2 heterocycles. The van der Waals surface area contributed by atoms with Crippen LogP contribution in [0.4, 0.5) is 0 Å². The van der Waals surface area contributed by atoms with Crippen LogP contribution in [0, 0.1) is 0 Å². The second kappa shape index (κ2) is 14.8. The maximum absolute atomic E-state index is 13.5. The number of thioether (sulfide) groups is 1. The Balaban J connectivity index is 1.56. The zero-order chi connectivity index (χ0) is 31.8. The summed E-state index contributed by atoms with van der Waals surface area (Å²) in [5, 5.41) is 0.524. The lowest BCUT2D eigenvalue weighted by molar-refractivity contribution is -0.0652. The zero-order valence-electron chi connectivity index (χ0n) is 24.7. The summed E-state index contributed by atoms with van der Waals surface area (Å²) >= 11 is 1.32. The van der Waals surface area contributed by atoms with Crippen LogP contribution in [0.15, 0.2) is 107 Å². The average molecular weight is 629 g/mol. The Labute approximate surface area is 264 Å². The quantitative estimate of drug-likeness (QED) is 0.0957. The summed E-state index contributed by atoms with van der Waals surface area (Å²) in [6.07, 6.45) is -1.92. The fraction of sp³-hybridized carbons (Fsp3) is 0.265. The molecule has 0 N–H and O–H groups in total. The molecule has 1 aromatic heterocycles. The van der Waals surface area contributed by atoms with Crippen molar-refractivity contribution in [3.63, 3.8) is 0 Å². The normalized spacial score (nSPS) is 19.1. The third-order valence-electron chi connectivity index (χ3n) is 7.16. The Hall–Kier alpha value is -4.74. The Morgan fingerprint density at radius 1 is 0.800 bits per heavy atom. The molecule has 1 aliphatic rings. The van der Waals surface area contributed by atoms with Crippen molar-refractivity contribution in [1.29, 1.82) is 0 Å². The SMILES string of the molecule is CCCc1cc(SC)nc(=O)n1[C@@H]1O[C@H](COC(=O)c2ccccc2)[C@@H](OC(=O)c2ccccc2)[C@H]1OC(=O)c1ccccc1. The molecule has 1 saturated heterocycles. The molecular weight excluding hydrogens is 596 g/mol.